The fourth-order valence-corrected chi connectivity index (χ4v) is 4.41. The molecule has 0 aliphatic heterocycles. The summed E-state index contributed by atoms with van der Waals surface area (Å²) in [6.45, 7) is 0.523. The first kappa shape index (κ1) is 26.7. The van der Waals surface area contributed by atoms with E-state index in [1.165, 1.54) is 30.3 Å². The Balaban J connectivity index is 1.45. The standard InChI is InChI=1S/C27H22Cl2FN3O3S/c1-37-8-2-7-35-20-4-6-23-18(11-20)12-24(33-23)27(34)32-15-17-3-5-22(29)26(25(17)30)36-21-10-16(14-31)9-19(28)13-21/h3-6,9-13,33H,2,7-8,15H2,1H3,(H,32,34). The largest absolute Gasteiger partial charge is 0.494 e. The molecule has 0 aliphatic rings. The summed E-state index contributed by atoms with van der Waals surface area (Å²) in [7, 11) is 0. The van der Waals surface area contributed by atoms with E-state index in [1.54, 1.807) is 17.8 Å². The molecule has 0 saturated heterocycles. The van der Waals surface area contributed by atoms with Gasteiger partial charge in [-0.3, -0.25) is 4.79 Å². The van der Waals surface area contributed by atoms with E-state index in [9.17, 15) is 4.79 Å². The van der Waals surface area contributed by atoms with E-state index in [1.807, 2.05) is 24.3 Å². The summed E-state index contributed by atoms with van der Waals surface area (Å²) in [5, 5.41) is 13.0. The van der Waals surface area contributed by atoms with Gasteiger partial charge < -0.3 is 19.8 Å². The van der Waals surface area contributed by atoms with Gasteiger partial charge in [0.15, 0.2) is 11.6 Å². The lowest BCUT2D eigenvalue weighted by Crippen LogP contribution is -2.23. The number of nitrogens with zero attached hydrogens (tertiary/aromatic N) is 1. The summed E-state index contributed by atoms with van der Waals surface area (Å²) >= 11 is 13.9. The number of nitriles is 1. The van der Waals surface area contributed by atoms with Crippen molar-refractivity contribution < 1.29 is 18.7 Å². The van der Waals surface area contributed by atoms with E-state index < -0.39 is 11.7 Å². The minimum Gasteiger partial charge on any atom is -0.494 e. The minimum absolute atomic E-state index is 0.0353. The van der Waals surface area contributed by atoms with Crippen molar-refractivity contribution in [2.24, 2.45) is 0 Å². The van der Waals surface area contributed by atoms with Crippen LogP contribution in [-0.2, 0) is 6.54 Å². The first-order chi connectivity index (χ1) is 17.9. The molecular formula is C27H22Cl2FN3O3S. The van der Waals surface area contributed by atoms with Crippen LogP contribution < -0.4 is 14.8 Å². The lowest BCUT2D eigenvalue weighted by atomic mass is 10.2. The quantitative estimate of drug-likeness (QED) is 0.199. The zero-order valence-corrected chi connectivity index (χ0v) is 22.1. The van der Waals surface area contributed by atoms with E-state index >= 15 is 4.39 Å². The van der Waals surface area contributed by atoms with Gasteiger partial charge in [-0.25, -0.2) is 4.39 Å². The number of amides is 1. The van der Waals surface area contributed by atoms with Crippen molar-refractivity contribution in [2.45, 2.75) is 13.0 Å². The molecule has 2 N–H and O–H groups in total. The number of H-pyrrole nitrogens is 1. The maximum absolute atomic E-state index is 15.2. The Labute approximate surface area is 227 Å². The highest BCUT2D eigenvalue weighted by atomic mass is 35.5. The molecule has 6 nitrogen and oxygen atoms in total. The number of benzene rings is 3. The topological polar surface area (TPSA) is 87.1 Å². The Bertz CT molecular complexity index is 1490. The molecule has 4 rings (SSSR count). The predicted molar refractivity (Wildman–Crippen MR) is 146 cm³/mol. The van der Waals surface area contributed by atoms with Crippen molar-refractivity contribution in [1.29, 1.82) is 5.26 Å². The molecule has 0 atom stereocenters. The van der Waals surface area contributed by atoms with Crippen LogP contribution in [0.3, 0.4) is 0 Å². The molecule has 0 radical (unpaired) electrons. The van der Waals surface area contributed by atoms with Crippen LogP contribution in [0, 0.1) is 17.1 Å². The van der Waals surface area contributed by atoms with Crippen molar-refractivity contribution in [3.8, 4) is 23.3 Å². The van der Waals surface area contributed by atoms with Gasteiger partial charge in [0.2, 0.25) is 0 Å². The molecule has 1 amide bonds. The van der Waals surface area contributed by atoms with Gasteiger partial charge in [-0.05, 0) is 67.0 Å². The smallest absolute Gasteiger partial charge is 0.267 e. The van der Waals surface area contributed by atoms with Crippen LogP contribution in [-0.4, -0.2) is 29.5 Å². The number of ether oxygens (including phenoxy) is 2. The van der Waals surface area contributed by atoms with Crippen LogP contribution in [0.1, 0.15) is 28.0 Å². The molecule has 1 heterocycles. The highest BCUT2D eigenvalue weighted by Gasteiger charge is 2.17. The van der Waals surface area contributed by atoms with E-state index in [-0.39, 0.29) is 39.2 Å². The molecule has 0 aliphatic carbocycles. The number of aromatic amines is 1. The van der Waals surface area contributed by atoms with Gasteiger partial charge in [0.05, 0.1) is 23.3 Å². The molecular weight excluding hydrogens is 536 g/mol. The molecule has 0 bridgehead atoms. The SMILES string of the molecule is CSCCCOc1ccc2[nH]c(C(=O)NCc3ccc(Cl)c(Oc4cc(Cl)cc(C#N)c4)c3F)cc2c1. The molecule has 0 saturated carbocycles. The van der Waals surface area contributed by atoms with Gasteiger partial charge in [-0.1, -0.05) is 29.3 Å². The molecule has 3 aromatic carbocycles. The maximum Gasteiger partial charge on any atom is 0.267 e. The number of fused-ring (bicyclic) bond motifs is 1. The fraction of sp³-hybridized carbons (Fsp3) is 0.185. The number of rotatable bonds is 10. The molecule has 4 aromatic rings. The maximum atomic E-state index is 15.2. The van der Waals surface area contributed by atoms with E-state index in [0.717, 1.165) is 28.8 Å². The number of hydrogen-bond acceptors (Lipinski definition) is 5. The van der Waals surface area contributed by atoms with Crippen molar-refractivity contribution in [3.63, 3.8) is 0 Å². The molecule has 10 heteroatoms. The first-order valence-electron chi connectivity index (χ1n) is 11.3. The number of halogens is 3. The Hall–Kier alpha value is -3.38. The van der Waals surface area contributed by atoms with E-state index in [4.69, 9.17) is 37.9 Å². The number of aromatic nitrogens is 1. The van der Waals surface area contributed by atoms with Gasteiger partial charge in [0, 0.05) is 28.0 Å². The lowest BCUT2D eigenvalue weighted by Gasteiger charge is -2.13. The van der Waals surface area contributed by atoms with E-state index in [0.29, 0.717) is 12.3 Å². The predicted octanol–water partition coefficient (Wildman–Crippen LogP) is 7.34. The van der Waals surface area contributed by atoms with Crippen LogP contribution in [0.2, 0.25) is 10.0 Å². The van der Waals surface area contributed by atoms with Crippen LogP contribution in [0.25, 0.3) is 10.9 Å². The molecule has 190 valence electrons. The summed E-state index contributed by atoms with van der Waals surface area (Å²) in [4.78, 5) is 15.8. The number of carbonyl (C=O) groups excluding carboxylic acids is 1. The third kappa shape index (κ3) is 6.69. The Morgan fingerprint density at radius 3 is 2.76 bits per heavy atom. The Kier molecular flexibility index (Phi) is 8.82. The fourth-order valence-electron chi connectivity index (χ4n) is 3.59. The second kappa shape index (κ2) is 12.2. The van der Waals surface area contributed by atoms with Crippen LogP contribution in [0.15, 0.2) is 54.6 Å². The van der Waals surface area contributed by atoms with Gasteiger partial charge in [0.1, 0.15) is 17.2 Å². The molecule has 0 fully saturated rings. The second-order valence-electron chi connectivity index (χ2n) is 8.05. The summed E-state index contributed by atoms with van der Waals surface area (Å²) in [5.74, 6) is 0.570. The highest BCUT2D eigenvalue weighted by Crippen LogP contribution is 2.35. The van der Waals surface area contributed by atoms with Crippen molar-refractivity contribution >= 4 is 51.8 Å². The van der Waals surface area contributed by atoms with Crippen molar-refractivity contribution in [1.82, 2.24) is 10.3 Å². The lowest BCUT2D eigenvalue weighted by molar-refractivity contribution is 0.0946. The zero-order chi connectivity index (χ0) is 26.4. The summed E-state index contributed by atoms with van der Waals surface area (Å²) in [6.07, 6.45) is 3.01. The van der Waals surface area contributed by atoms with Crippen LogP contribution in [0.4, 0.5) is 4.39 Å². The third-order valence-corrected chi connectivity index (χ3v) is 6.60. The highest BCUT2D eigenvalue weighted by molar-refractivity contribution is 7.98. The van der Waals surface area contributed by atoms with E-state index in [2.05, 4.69) is 16.6 Å². The monoisotopic (exact) mass is 557 g/mol. The summed E-state index contributed by atoms with van der Waals surface area (Å²) < 4.78 is 26.6. The molecule has 1 aromatic heterocycles. The number of thioether (sulfide) groups is 1. The first-order valence-corrected chi connectivity index (χ1v) is 13.4. The number of hydrogen-bond donors (Lipinski definition) is 2. The second-order valence-corrected chi connectivity index (χ2v) is 9.88. The Morgan fingerprint density at radius 1 is 1.14 bits per heavy atom. The summed E-state index contributed by atoms with van der Waals surface area (Å²) in [6, 6.07) is 16.5. The van der Waals surface area contributed by atoms with Crippen molar-refractivity contribution in [3.05, 3.63) is 87.3 Å². The van der Waals surface area contributed by atoms with Crippen LogP contribution >= 0.6 is 35.0 Å². The average molecular weight is 558 g/mol. The van der Waals surface area contributed by atoms with Gasteiger partial charge in [-0.15, -0.1) is 0 Å². The van der Waals surface area contributed by atoms with Crippen molar-refractivity contribution in [2.75, 3.05) is 18.6 Å². The van der Waals surface area contributed by atoms with Gasteiger partial charge in [0.25, 0.3) is 5.91 Å². The zero-order valence-electron chi connectivity index (χ0n) is 19.7. The molecule has 0 spiro atoms. The Morgan fingerprint density at radius 2 is 1.97 bits per heavy atom. The third-order valence-electron chi connectivity index (χ3n) is 5.39. The van der Waals surface area contributed by atoms with Crippen LogP contribution in [0.5, 0.6) is 17.2 Å². The molecule has 0 unspecified atom stereocenters. The minimum atomic E-state index is -0.730. The number of nitrogens with one attached hydrogen (secondary N) is 2. The van der Waals surface area contributed by atoms with Gasteiger partial charge in [-0.2, -0.15) is 17.0 Å². The van der Waals surface area contributed by atoms with Gasteiger partial charge >= 0.3 is 0 Å². The summed E-state index contributed by atoms with van der Waals surface area (Å²) in [5.41, 5.74) is 1.55. The number of carbonyl (C=O) groups is 1. The average Bonchev–Trinajstić information content (AvgIpc) is 3.32. The molecule has 37 heavy (non-hydrogen) atoms. The normalized spacial score (nSPS) is 10.8.